The van der Waals surface area contributed by atoms with Gasteiger partial charge in [0.2, 0.25) is 5.91 Å². The van der Waals surface area contributed by atoms with Gasteiger partial charge in [0.05, 0.1) is 6.54 Å². The summed E-state index contributed by atoms with van der Waals surface area (Å²) in [5, 5.41) is 8.74. The van der Waals surface area contributed by atoms with Gasteiger partial charge in [-0.1, -0.05) is 6.92 Å². The molecular formula is C11H20N2O3. The average Bonchev–Trinajstić information content (AvgIpc) is 2.16. The third-order valence-corrected chi connectivity index (χ3v) is 3.22. The van der Waals surface area contributed by atoms with Crippen LogP contribution >= 0.6 is 0 Å². The quantitative estimate of drug-likeness (QED) is 0.708. The summed E-state index contributed by atoms with van der Waals surface area (Å²) in [6.07, 6.45) is 2.26. The van der Waals surface area contributed by atoms with Gasteiger partial charge in [0, 0.05) is 13.0 Å². The molecule has 1 saturated heterocycles. The first-order valence-corrected chi connectivity index (χ1v) is 5.71. The summed E-state index contributed by atoms with van der Waals surface area (Å²) < 4.78 is 0. The van der Waals surface area contributed by atoms with E-state index >= 15 is 0 Å². The molecule has 3 N–H and O–H groups in total. The van der Waals surface area contributed by atoms with Gasteiger partial charge in [-0.15, -0.1) is 0 Å². The van der Waals surface area contributed by atoms with Crippen molar-refractivity contribution in [2.75, 3.05) is 19.6 Å². The maximum Gasteiger partial charge on any atom is 0.303 e. The second kappa shape index (κ2) is 5.84. The summed E-state index contributed by atoms with van der Waals surface area (Å²) in [5.41, 5.74) is 5.15. The molecule has 5 nitrogen and oxygen atoms in total. The second-order valence-corrected chi connectivity index (χ2v) is 4.68. The highest BCUT2D eigenvalue weighted by atomic mass is 16.4. The lowest BCUT2D eigenvalue weighted by molar-refractivity contribution is -0.138. The molecule has 0 spiro atoms. The maximum atomic E-state index is 10.8. The van der Waals surface area contributed by atoms with E-state index in [1.807, 2.05) is 11.8 Å². The van der Waals surface area contributed by atoms with Crippen LogP contribution in [0.5, 0.6) is 0 Å². The number of carboxylic acids is 1. The smallest absolute Gasteiger partial charge is 0.303 e. The number of primary amides is 1. The second-order valence-electron chi connectivity index (χ2n) is 4.68. The van der Waals surface area contributed by atoms with Gasteiger partial charge < -0.3 is 10.8 Å². The standard InChI is InChI=1S/C11H20N2O3/c1-8(5-11(15)16)9-3-2-4-13(6-9)7-10(12)14/h8-9H,2-7H2,1H3,(H2,12,14)(H,15,16). The van der Waals surface area contributed by atoms with E-state index in [1.165, 1.54) is 0 Å². The van der Waals surface area contributed by atoms with Crippen molar-refractivity contribution in [2.24, 2.45) is 17.6 Å². The lowest BCUT2D eigenvalue weighted by Crippen LogP contribution is -2.42. The van der Waals surface area contributed by atoms with Crippen LogP contribution in [0.3, 0.4) is 0 Å². The summed E-state index contributed by atoms with van der Waals surface area (Å²) in [4.78, 5) is 23.5. The van der Waals surface area contributed by atoms with Crippen molar-refractivity contribution >= 4 is 11.9 Å². The average molecular weight is 228 g/mol. The molecule has 1 rings (SSSR count). The number of hydrogen-bond acceptors (Lipinski definition) is 3. The normalized spacial score (nSPS) is 23.9. The number of carbonyl (C=O) groups is 2. The molecule has 92 valence electrons. The maximum absolute atomic E-state index is 10.8. The molecule has 0 aliphatic carbocycles. The van der Waals surface area contributed by atoms with Gasteiger partial charge in [-0.25, -0.2) is 0 Å². The van der Waals surface area contributed by atoms with Crippen LogP contribution < -0.4 is 5.73 Å². The van der Waals surface area contributed by atoms with Gasteiger partial charge in [0.15, 0.2) is 0 Å². The molecule has 0 radical (unpaired) electrons. The number of carbonyl (C=O) groups excluding carboxylic acids is 1. The number of amides is 1. The molecule has 1 aliphatic rings. The van der Waals surface area contributed by atoms with Gasteiger partial charge in [-0.2, -0.15) is 0 Å². The Morgan fingerprint density at radius 2 is 2.25 bits per heavy atom. The summed E-state index contributed by atoms with van der Waals surface area (Å²) in [7, 11) is 0. The summed E-state index contributed by atoms with van der Waals surface area (Å²) in [6.45, 7) is 3.93. The molecule has 0 aromatic carbocycles. The van der Waals surface area contributed by atoms with E-state index < -0.39 is 5.97 Å². The predicted octanol–water partition coefficient (Wildman–Crippen LogP) is 0.295. The molecule has 1 fully saturated rings. The topological polar surface area (TPSA) is 83.6 Å². The Bertz CT molecular complexity index is 254. The highest BCUT2D eigenvalue weighted by molar-refractivity contribution is 5.75. The van der Waals surface area contributed by atoms with Gasteiger partial charge in [0.25, 0.3) is 0 Å². The molecule has 16 heavy (non-hydrogen) atoms. The van der Waals surface area contributed by atoms with Crippen molar-refractivity contribution in [3.63, 3.8) is 0 Å². The van der Waals surface area contributed by atoms with Crippen LogP contribution in [0.4, 0.5) is 0 Å². The Labute approximate surface area is 95.6 Å². The third kappa shape index (κ3) is 4.18. The minimum Gasteiger partial charge on any atom is -0.481 e. The first kappa shape index (κ1) is 13.0. The summed E-state index contributed by atoms with van der Waals surface area (Å²) in [5.74, 6) is -0.538. The molecule has 0 aromatic heterocycles. The van der Waals surface area contributed by atoms with Crippen LogP contribution in [0.1, 0.15) is 26.2 Å². The predicted molar refractivity (Wildman–Crippen MR) is 59.8 cm³/mol. The van der Waals surface area contributed by atoms with E-state index in [4.69, 9.17) is 10.8 Å². The van der Waals surface area contributed by atoms with E-state index in [0.717, 1.165) is 25.9 Å². The Balaban J connectivity index is 2.43. The van der Waals surface area contributed by atoms with Crippen LogP contribution in [0.15, 0.2) is 0 Å². The highest BCUT2D eigenvalue weighted by Crippen LogP contribution is 2.25. The van der Waals surface area contributed by atoms with E-state index in [9.17, 15) is 9.59 Å². The number of carboxylic acid groups (broad SMARTS) is 1. The number of rotatable bonds is 5. The lowest BCUT2D eigenvalue weighted by atomic mass is 9.85. The zero-order valence-electron chi connectivity index (χ0n) is 9.69. The molecule has 0 bridgehead atoms. The molecule has 0 aromatic rings. The Hall–Kier alpha value is -1.10. The zero-order valence-corrected chi connectivity index (χ0v) is 9.69. The summed E-state index contributed by atoms with van der Waals surface area (Å²) in [6, 6.07) is 0. The molecule has 2 atom stereocenters. The monoisotopic (exact) mass is 228 g/mol. The van der Waals surface area contributed by atoms with E-state index in [1.54, 1.807) is 0 Å². The SMILES string of the molecule is CC(CC(=O)O)C1CCCN(CC(N)=O)C1. The Kier molecular flexibility index (Phi) is 4.73. The molecule has 5 heteroatoms. The fourth-order valence-corrected chi connectivity index (χ4v) is 2.36. The molecule has 2 unspecified atom stereocenters. The van der Waals surface area contributed by atoms with Crippen LogP contribution in [-0.4, -0.2) is 41.5 Å². The number of nitrogens with two attached hydrogens (primary N) is 1. The van der Waals surface area contributed by atoms with Crippen molar-refractivity contribution in [1.82, 2.24) is 4.90 Å². The van der Waals surface area contributed by atoms with E-state index in [0.29, 0.717) is 5.92 Å². The fraction of sp³-hybridized carbons (Fsp3) is 0.818. The zero-order chi connectivity index (χ0) is 12.1. The minimum atomic E-state index is -0.750. The van der Waals surface area contributed by atoms with Gasteiger partial charge in [-0.3, -0.25) is 14.5 Å². The highest BCUT2D eigenvalue weighted by Gasteiger charge is 2.26. The van der Waals surface area contributed by atoms with Crippen molar-refractivity contribution in [3.05, 3.63) is 0 Å². The lowest BCUT2D eigenvalue weighted by Gasteiger charge is -2.34. The van der Waals surface area contributed by atoms with E-state index in [-0.39, 0.29) is 24.8 Å². The number of likely N-dealkylation sites (tertiary alicyclic amines) is 1. The molecule has 1 amide bonds. The minimum absolute atomic E-state index is 0.160. The van der Waals surface area contributed by atoms with Crippen LogP contribution in [0, 0.1) is 11.8 Å². The van der Waals surface area contributed by atoms with Gasteiger partial charge in [0.1, 0.15) is 0 Å². The Morgan fingerprint density at radius 1 is 1.56 bits per heavy atom. The van der Waals surface area contributed by atoms with Crippen molar-refractivity contribution in [1.29, 1.82) is 0 Å². The number of piperidine rings is 1. The molecular weight excluding hydrogens is 208 g/mol. The van der Waals surface area contributed by atoms with Crippen molar-refractivity contribution in [3.8, 4) is 0 Å². The number of hydrogen-bond donors (Lipinski definition) is 2. The van der Waals surface area contributed by atoms with Crippen molar-refractivity contribution < 1.29 is 14.7 Å². The van der Waals surface area contributed by atoms with Gasteiger partial charge in [-0.05, 0) is 31.2 Å². The van der Waals surface area contributed by atoms with Gasteiger partial charge >= 0.3 is 5.97 Å². The molecule has 0 saturated carbocycles. The van der Waals surface area contributed by atoms with E-state index in [2.05, 4.69) is 0 Å². The first-order chi connectivity index (χ1) is 7.49. The first-order valence-electron chi connectivity index (χ1n) is 5.71. The Morgan fingerprint density at radius 3 is 2.81 bits per heavy atom. The van der Waals surface area contributed by atoms with Crippen molar-refractivity contribution in [2.45, 2.75) is 26.2 Å². The molecule has 1 aliphatic heterocycles. The van der Waals surface area contributed by atoms with Crippen LogP contribution in [0.25, 0.3) is 0 Å². The van der Waals surface area contributed by atoms with Crippen LogP contribution in [0.2, 0.25) is 0 Å². The fourth-order valence-electron chi connectivity index (χ4n) is 2.36. The van der Waals surface area contributed by atoms with Crippen LogP contribution in [-0.2, 0) is 9.59 Å². The number of aliphatic carboxylic acids is 1. The largest absolute Gasteiger partial charge is 0.481 e. The third-order valence-electron chi connectivity index (χ3n) is 3.22. The summed E-state index contributed by atoms with van der Waals surface area (Å²) >= 11 is 0. The number of nitrogens with zero attached hydrogens (tertiary/aromatic N) is 1. The molecule has 1 heterocycles.